The summed E-state index contributed by atoms with van der Waals surface area (Å²) in [6.07, 6.45) is 2.38. The summed E-state index contributed by atoms with van der Waals surface area (Å²) >= 11 is 12.5. The zero-order valence-electron chi connectivity index (χ0n) is 21.8. The van der Waals surface area contributed by atoms with Crippen molar-refractivity contribution in [2.24, 2.45) is 0 Å². The molecule has 2 aromatic carbocycles. The molecule has 0 atom stereocenters. The number of nitrogens with zero attached hydrogens (tertiary/aromatic N) is 3. The maximum atomic E-state index is 13.6. The second-order valence-corrected chi connectivity index (χ2v) is 10.3. The summed E-state index contributed by atoms with van der Waals surface area (Å²) in [5.74, 6) is -0.722. The summed E-state index contributed by atoms with van der Waals surface area (Å²) < 4.78 is 0. The predicted molar refractivity (Wildman–Crippen MR) is 154 cm³/mol. The van der Waals surface area contributed by atoms with Crippen molar-refractivity contribution in [2.45, 2.75) is 39.7 Å². The van der Waals surface area contributed by atoms with Gasteiger partial charge in [0.2, 0.25) is 0 Å². The van der Waals surface area contributed by atoms with Crippen LogP contribution in [0, 0.1) is 0 Å². The molecule has 1 aromatic heterocycles. The highest BCUT2D eigenvalue weighted by atomic mass is 35.5. The molecule has 4 rings (SSSR count). The number of unbranched alkanes of at least 4 members (excludes halogenated alkanes) is 1. The van der Waals surface area contributed by atoms with E-state index in [1.165, 1.54) is 0 Å². The number of halogens is 2. The molecule has 2 heterocycles. The smallest absolute Gasteiger partial charge is 0.264 e. The summed E-state index contributed by atoms with van der Waals surface area (Å²) in [7, 11) is 0. The normalized spacial score (nSPS) is 14.1. The number of aromatic hydroxyl groups is 1. The topological polar surface area (TPSA) is 79.9 Å². The Labute approximate surface area is 233 Å². The van der Waals surface area contributed by atoms with Crippen LogP contribution in [0.15, 0.2) is 53.3 Å². The number of aromatic nitrogens is 1. The number of carbonyl (C=O) groups excluding carboxylic acids is 1. The highest BCUT2D eigenvalue weighted by molar-refractivity contribution is 6.42. The van der Waals surface area contributed by atoms with E-state index in [1.54, 1.807) is 11.0 Å². The molecule has 0 spiro atoms. The first-order valence-electron chi connectivity index (χ1n) is 13.1. The molecule has 0 saturated carbocycles. The van der Waals surface area contributed by atoms with Crippen LogP contribution < -0.4 is 10.5 Å². The van der Waals surface area contributed by atoms with Gasteiger partial charge in [-0.2, -0.15) is 0 Å². The molecule has 202 valence electrons. The number of pyridine rings is 1. The molecule has 3 aromatic rings. The fourth-order valence-electron chi connectivity index (χ4n) is 4.91. The number of aryl methyl sites for hydroxylation is 1. The van der Waals surface area contributed by atoms with Crippen molar-refractivity contribution in [3.8, 4) is 5.75 Å². The monoisotopic (exact) mass is 556 g/mol. The van der Waals surface area contributed by atoms with Gasteiger partial charge in [-0.3, -0.25) is 14.5 Å². The van der Waals surface area contributed by atoms with Gasteiger partial charge in [0.15, 0.2) is 5.75 Å². The minimum absolute atomic E-state index is 0.207. The number of hydrogen-bond acceptors (Lipinski definition) is 5. The van der Waals surface area contributed by atoms with Crippen LogP contribution in [0.3, 0.4) is 0 Å². The van der Waals surface area contributed by atoms with Gasteiger partial charge in [-0.05, 0) is 43.5 Å². The summed E-state index contributed by atoms with van der Waals surface area (Å²) in [6.45, 7) is 7.31. The highest BCUT2D eigenvalue weighted by Gasteiger charge is 2.30. The Morgan fingerprint density at radius 2 is 1.74 bits per heavy atom. The molecule has 7 nitrogen and oxygen atoms in total. The van der Waals surface area contributed by atoms with Crippen LogP contribution in [0.2, 0.25) is 10.0 Å². The third kappa shape index (κ3) is 6.01. The summed E-state index contributed by atoms with van der Waals surface area (Å²) in [6, 6.07) is 15.2. The zero-order valence-corrected chi connectivity index (χ0v) is 23.4. The molecule has 1 fully saturated rings. The lowest BCUT2D eigenvalue weighted by Gasteiger charge is -2.35. The lowest BCUT2D eigenvalue weighted by molar-refractivity contribution is 0.0623. The van der Waals surface area contributed by atoms with E-state index in [4.69, 9.17) is 23.2 Å². The molecule has 0 bridgehead atoms. The molecule has 1 aliphatic heterocycles. The van der Waals surface area contributed by atoms with E-state index < -0.39 is 11.5 Å². The number of anilines is 2. The molecule has 1 saturated heterocycles. The fourth-order valence-corrected chi connectivity index (χ4v) is 5.29. The van der Waals surface area contributed by atoms with Gasteiger partial charge < -0.3 is 19.9 Å². The summed E-state index contributed by atoms with van der Waals surface area (Å²) in [5, 5.41) is 12.5. The second kappa shape index (κ2) is 12.7. The van der Waals surface area contributed by atoms with Gasteiger partial charge in [0.05, 0.1) is 10.0 Å². The van der Waals surface area contributed by atoms with Gasteiger partial charge in [-0.15, -0.1) is 0 Å². The average molecular weight is 558 g/mol. The van der Waals surface area contributed by atoms with E-state index in [-0.39, 0.29) is 11.3 Å². The third-order valence-electron chi connectivity index (χ3n) is 6.97. The summed E-state index contributed by atoms with van der Waals surface area (Å²) in [4.78, 5) is 35.5. The Morgan fingerprint density at radius 1 is 1.03 bits per heavy atom. The van der Waals surface area contributed by atoms with Crippen LogP contribution in [-0.4, -0.2) is 58.5 Å². The van der Waals surface area contributed by atoms with Crippen molar-refractivity contribution in [2.75, 3.05) is 37.6 Å². The molecule has 0 aliphatic carbocycles. The Morgan fingerprint density at radius 3 is 2.39 bits per heavy atom. The van der Waals surface area contributed by atoms with Gasteiger partial charge >= 0.3 is 0 Å². The lowest BCUT2D eigenvalue weighted by Crippen LogP contribution is -2.49. The Kier molecular flexibility index (Phi) is 9.36. The zero-order chi connectivity index (χ0) is 27.2. The van der Waals surface area contributed by atoms with Crippen LogP contribution in [0.4, 0.5) is 11.4 Å². The first-order chi connectivity index (χ1) is 18.3. The van der Waals surface area contributed by atoms with E-state index in [0.717, 1.165) is 24.1 Å². The van der Waals surface area contributed by atoms with Gasteiger partial charge in [-0.1, -0.05) is 66.9 Å². The van der Waals surface area contributed by atoms with Crippen LogP contribution >= 0.6 is 23.2 Å². The first-order valence-corrected chi connectivity index (χ1v) is 13.9. The first kappa shape index (κ1) is 28.0. The molecular weight excluding hydrogens is 523 g/mol. The number of carbonyl (C=O) groups is 1. The molecule has 2 N–H and O–H groups in total. The Hall–Kier alpha value is -3.00. The van der Waals surface area contributed by atoms with Gasteiger partial charge in [0, 0.05) is 50.6 Å². The van der Waals surface area contributed by atoms with Crippen molar-refractivity contribution in [3.05, 3.63) is 85.8 Å². The predicted octanol–water partition coefficient (Wildman–Crippen LogP) is 5.85. The molecule has 38 heavy (non-hydrogen) atoms. The van der Waals surface area contributed by atoms with Gasteiger partial charge in [0.25, 0.3) is 11.5 Å². The second-order valence-electron chi connectivity index (χ2n) is 9.47. The maximum absolute atomic E-state index is 13.6. The molecule has 1 aliphatic rings. The number of aromatic amines is 1. The summed E-state index contributed by atoms with van der Waals surface area (Å²) in [5.41, 5.74) is 2.17. The van der Waals surface area contributed by atoms with Crippen molar-refractivity contribution >= 4 is 40.5 Å². The molecular formula is C29H34Cl2N4O3. The highest BCUT2D eigenvalue weighted by Crippen LogP contribution is 2.37. The van der Waals surface area contributed by atoms with Gasteiger partial charge in [-0.25, -0.2) is 0 Å². The van der Waals surface area contributed by atoms with Crippen LogP contribution in [0.25, 0.3) is 0 Å². The lowest BCUT2D eigenvalue weighted by atomic mass is 10.1. The number of H-pyrrole nitrogens is 1. The van der Waals surface area contributed by atoms with Crippen molar-refractivity contribution in [3.63, 3.8) is 0 Å². The minimum atomic E-state index is -0.556. The van der Waals surface area contributed by atoms with E-state index in [2.05, 4.69) is 16.8 Å². The SMILES string of the molecule is CCCCc1[nH]c(=O)c(C(=O)N2CCN(Cc3cccc(Cl)c3Cl)CC2)c(O)c1N(CC)c1ccccc1. The number of para-hydroxylation sites is 1. The number of piperazine rings is 1. The molecule has 9 heteroatoms. The van der Waals surface area contributed by atoms with Gasteiger partial charge in [0.1, 0.15) is 11.3 Å². The Balaban J connectivity index is 1.59. The standard InChI is InChI=1S/C29H34Cl2N4O3/c1-3-5-14-23-26(35(4-2)21-11-7-6-8-12-21)27(36)24(28(37)32-23)29(38)34-17-15-33(16-18-34)19-20-10-9-13-22(30)25(20)31/h6-13H,3-5,14-19H2,1-2H3,(H2,32,36,37). The van der Waals surface area contributed by atoms with Crippen molar-refractivity contribution in [1.82, 2.24) is 14.8 Å². The molecule has 1 amide bonds. The van der Waals surface area contributed by atoms with Crippen LogP contribution in [0.1, 0.15) is 48.3 Å². The minimum Gasteiger partial charge on any atom is -0.505 e. The molecule has 0 radical (unpaired) electrons. The van der Waals surface area contributed by atoms with E-state index >= 15 is 0 Å². The number of amides is 1. The number of rotatable bonds is 9. The quantitative estimate of drug-likeness (QED) is 0.345. The fraction of sp³-hybridized carbons (Fsp3) is 0.379. The van der Waals surface area contributed by atoms with E-state index in [1.807, 2.05) is 54.3 Å². The number of nitrogens with one attached hydrogen (secondary N) is 1. The number of hydrogen-bond donors (Lipinski definition) is 2. The van der Waals surface area contributed by atoms with E-state index in [0.29, 0.717) is 67.1 Å². The largest absolute Gasteiger partial charge is 0.505 e. The van der Waals surface area contributed by atoms with Crippen LogP contribution in [0.5, 0.6) is 5.75 Å². The maximum Gasteiger partial charge on any atom is 0.264 e. The van der Waals surface area contributed by atoms with Crippen molar-refractivity contribution < 1.29 is 9.90 Å². The Bertz CT molecular complexity index is 1320. The average Bonchev–Trinajstić information content (AvgIpc) is 2.92. The number of benzene rings is 2. The van der Waals surface area contributed by atoms with Crippen LogP contribution in [-0.2, 0) is 13.0 Å². The molecule has 0 unspecified atom stereocenters. The third-order valence-corrected chi connectivity index (χ3v) is 7.83. The van der Waals surface area contributed by atoms with E-state index in [9.17, 15) is 14.7 Å². The van der Waals surface area contributed by atoms with Crippen molar-refractivity contribution in [1.29, 1.82) is 0 Å².